The van der Waals surface area contributed by atoms with Crippen LogP contribution in [-0.4, -0.2) is 30.9 Å². The summed E-state index contributed by atoms with van der Waals surface area (Å²) in [6.45, 7) is 5.71. The second-order valence-electron chi connectivity index (χ2n) is 5.44. The molecule has 7 heteroatoms. The minimum absolute atomic E-state index is 0.118. The van der Waals surface area contributed by atoms with Crippen LogP contribution in [0.4, 0.5) is 4.79 Å². The summed E-state index contributed by atoms with van der Waals surface area (Å²) in [5.41, 5.74) is 3.60. The molecule has 0 radical (unpaired) electrons. The van der Waals surface area contributed by atoms with Gasteiger partial charge < -0.3 is 14.8 Å². The fourth-order valence-corrected chi connectivity index (χ4v) is 1.74. The first-order valence-electron chi connectivity index (χ1n) is 7.82. The van der Waals surface area contributed by atoms with Crippen LogP contribution in [0.15, 0.2) is 29.4 Å². The third kappa shape index (κ3) is 7.62. The maximum atomic E-state index is 11.7. The van der Waals surface area contributed by atoms with Crippen molar-refractivity contribution in [3.8, 4) is 5.75 Å². The number of benzene rings is 1. The Bertz CT molecular complexity index is 570. The fourth-order valence-electron chi connectivity index (χ4n) is 1.74. The Labute approximate surface area is 142 Å². The van der Waals surface area contributed by atoms with E-state index >= 15 is 0 Å². The maximum absolute atomic E-state index is 11.7. The molecule has 1 atom stereocenters. The summed E-state index contributed by atoms with van der Waals surface area (Å²) in [7, 11) is 1.59. The van der Waals surface area contributed by atoms with Crippen LogP contribution in [-0.2, 0) is 16.1 Å². The van der Waals surface area contributed by atoms with Gasteiger partial charge in [-0.1, -0.05) is 19.1 Å². The van der Waals surface area contributed by atoms with Gasteiger partial charge >= 0.3 is 6.09 Å². The normalized spacial score (nSPS) is 12.2. The van der Waals surface area contributed by atoms with Crippen molar-refractivity contribution >= 4 is 17.7 Å². The van der Waals surface area contributed by atoms with Crippen LogP contribution < -0.4 is 15.5 Å². The number of hydrogen-bond donors (Lipinski definition) is 2. The molecule has 0 aliphatic rings. The summed E-state index contributed by atoms with van der Waals surface area (Å²) in [5.74, 6) is 0.609. The van der Waals surface area contributed by atoms with Crippen LogP contribution in [0, 0.1) is 0 Å². The van der Waals surface area contributed by atoms with Gasteiger partial charge in [-0.15, -0.1) is 0 Å². The molecule has 0 spiro atoms. The number of carbonyl (C=O) groups excluding carboxylic acids is 2. The van der Waals surface area contributed by atoms with Crippen molar-refractivity contribution in [1.29, 1.82) is 0 Å². The van der Waals surface area contributed by atoms with Gasteiger partial charge in [-0.05, 0) is 38.0 Å². The highest BCUT2D eigenvalue weighted by molar-refractivity contribution is 6.00. The highest BCUT2D eigenvalue weighted by Crippen LogP contribution is 2.11. The molecule has 1 rings (SSSR count). The van der Waals surface area contributed by atoms with E-state index < -0.39 is 6.09 Å². The summed E-state index contributed by atoms with van der Waals surface area (Å²) < 4.78 is 10.1. The molecule has 1 aromatic carbocycles. The highest BCUT2D eigenvalue weighted by atomic mass is 16.6. The smallest absolute Gasteiger partial charge is 0.428 e. The average Bonchev–Trinajstić information content (AvgIpc) is 2.58. The van der Waals surface area contributed by atoms with Crippen LogP contribution in [0.5, 0.6) is 5.75 Å². The standard InChI is InChI=1S/C17H25N3O4/c1-5-12(2)18-16(21)10-13(3)19-20-17(22)24-11-14-6-8-15(23-4)9-7-14/h6-9,12H,5,10-11H2,1-4H3,(H,18,21)(H,20,22)/b19-13-/t12-/m0/s1. The van der Waals surface area contributed by atoms with E-state index in [-0.39, 0.29) is 25.0 Å². The second kappa shape index (κ2) is 10.3. The van der Waals surface area contributed by atoms with Crippen molar-refractivity contribution in [2.45, 2.75) is 46.3 Å². The molecule has 0 bridgehead atoms. The molecule has 0 aliphatic carbocycles. The molecule has 0 heterocycles. The van der Waals surface area contributed by atoms with Crippen molar-refractivity contribution < 1.29 is 19.1 Å². The third-order valence-corrected chi connectivity index (χ3v) is 3.30. The molecule has 0 aliphatic heterocycles. The molecule has 0 unspecified atom stereocenters. The first kappa shape index (κ1) is 19.5. The molecule has 1 aromatic rings. The molecular weight excluding hydrogens is 310 g/mol. The topological polar surface area (TPSA) is 89.0 Å². The van der Waals surface area contributed by atoms with Gasteiger partial charge in [0.05, 0.1) is 13.5 Å². The quantitative estimate of drug-likeness (QED) is 0.564. The predicted octanol–water partition coefficient (Wildman–Crippen LogP) is 2.60. The van der Waals surface area contributed by atoms with Gasteiger partial charge in [0, 0.05) is 11.8 Å². The van der Waals surface area contributed by atoms with Crippen LogP contribution in [0.25, 0.3) is 0 Å². The highest BCUT2D eigenvalue weighted by Gasteiger charge is 2.08. The molecule has 2 amide bonds. The Morgan fingerprint density at radius 2 is 1.92 bits per heavy atom. The van der Waals surface area contributed by atoms with Crippen LogP contribution >= 0.6 is 0 Å². The van der Waals surface area contributed by atoms with Gasteiger partial charge in [0.1, 0.15) is 12.4 Å². The Balaban J connectivity index is 2.34. The molecule has 7 nitrogen and oxygen atoms in total. The largest absolute Gasteiger partial charge is 0.497 e. The minimum atomic E-state index is -0.674. The van der Waals surface area contributed by atoms with Gasteiger partial charge in [0.25, 0.3) is 0 Å². The van der Waals surface area contributed by atoms with Crippen molar-refractivity contribution in [1.82, 2.24) is 10.7 Å². The second-order valence-corrected chi connectivity index (χ2v) is 5.44. The number of ether oxygens (including phenoxy) is 2. The summed E-state index contributed by atoms with van der Waals surface area (Å²) in [5, 5.41) is 6.68. The number of nitrogens with one attached hydrogen (secondary N) is 2. The summed E-state index contributed by atoms with van der Waals surface area (Å²) in [4.78, 5) is 23.3. The molecular formula is C17H25N3O4. The number of carbonyl (C=O) groups is 2. The van der Waals surface area contributed by atoms with E-state index in [2.05, 4.69) is 15.8 Å². The van der Waals surface area contributed by atoms with E-state index in [1.54, 1.807) is 38.3 Å². The van der Waals surface area contributed by atoms with Gasteiger partial charge in [0.2, 0.25) is 5.91 Å². The molecule has 0 aromatic heterocycles. The van der Waals surface area contributed by atoms with E-state index in [0.29, 0.717) is 5.71 Å². The third-order valence-electron chi connectivity index (χ3n) is 3.30. The summed E-state index contributed by atoms with van der Waals surface area (Å²) in [6.07, 6.45) is 0.313. The Morgan fingerprint density at radius 1 is 1.25 bits per heavy atom. The van der Waals surface area contributed by atoms with E-state index in [1.165, 1.54) is 0 Å². The minimum Gasteiger partial charge on any atom is -0.497 e. The number of methoxy groups -OCH3 is 1. The molecule has 2 N–H and O–H groups in total. The van der Waals surface area contributed by atoms with Crippen LogP contribution in [0.3, 0.4) is 0 Å². The van der Waals surface area contributed by atoms with Crippen molar-refractivity contribution in [2.75, 3.05) is 7.11 Å². The molecule has 132 valence electrons. The van der Waals surface area contributed by atoms with Gasteiger partial charge in [-0.25, -0.2) is 10.2 Å². The zero-order valence-corrected chi connectivity index (χ0v) is 14.6. The Morgan fingerprint density at radius 3 is 2.50 bits per heavy atom. The fraction of sp³-hybridized carbons (Fsp3) is 0.471. The van der Waals surface area contributed by atoms with Crippen LogP contribution in [0.1, 0.15) is 39.2 Å². The van der Waals surface area contributed by atoms with Crippen LogP contribution in [0.2, 0.25) is 0 Å². The summed E-state index contributed by atoms with van der Waals surface area (Å²) in [6, 6.07) is 7.30. The number of hydrazone groups is 1. The Kier molecular flexibility index (Phi) is 8.32. The van der Waals surface area contributed by atoms with Crippen molar-refractivity contribution in [3.05, 3.63) is 29.8 Å². The molecule has 0 fully saturated rings. The molecule has 0 saturated heterocycles. The lowest BCUT2D eigenvalue weighted by molar-refractivity contribution is -0.120. The monoisotopic (exact) mass is 335 g/mol. The van der Waals surface area contributed by atoms with E-state index in [4.69, 9.17) is 9.47 Å². The predicted molar refractivity (Wildman–Crippen MR) is 91.9 cm³/mol. The zero-order chi connectivity index (χ0) is 17.9. The summed E-state index contributed by atoms with van der Waals surface area (Å²) >= 11 is 0. The van der Waals surface area contributed by atoms with E-state index in [0.717, 1.165) is 17.7 Å². The number of hydrogen-bond acceptors (Lipinski definition) is 5. The van der Waals surface area contributed by atoms with Crippen molar-refractivity contribution in [3.63, 3.8) is 0 Å². The zero-order valence-electron chi connectivity index (χ0n) is 14.6. The van der Waals surface area contributed by atoms with Gasteiger partial charge in [-0.3, -0.25) is 4.79 Å². The van der Waals surface area contributed by atoms with E-state index in [9.17, 15) is 9.59 Å². The maximum Gasteiger partial charge on any atom is 0.428 e. The molecule has 0 saturated carbocycles. The first-order chi connectivity index (χ1) is 11.4. The van der Waals surface area contributed by atoms with Gasteiger partial charge in [0.15, 0.2) is 0 Å². The lowest BCUT2D eigenvalue weighted by Gasteiger charge is -2.11. The number of rotatable bonds is 8. The Hall–Kier alpha value is -2.57. The lowest BCUT2D eigenvalue weighted by Crippen LogP contribution is -2.33. The number of amides is 2. The SMILES string of the molecule is CC[C@H](C)NC(=O)C/C(C)=N\NC(=O)OCc1ccc(OC)cc1. The van der Waals surface area contributed by atoms with Gasteiger partial charge in [-0.2, -0.15) is 5.10 Å². The lowest BCUT2D eigenvalue weighted by atomic mass is 10.2. The molecule has 24 heavy (non-hydrogen) atoms. The van der Waals surface area contributed by atoms with Crippen molar-refractivity contribution in [2.24, 2.45) is 5.10 Å². The van der Waals surface area contributed by atoms with E-state index in [1.807, 2.05) is 13.8 Å². The first-order valence-corrected chi connectivity index (χ1v) is 7.82. The number of nitrogens with zero attached hydrogens (tertiary/aromatic N) is 1. The average molecular weight is 335 g/mol.